The van der Waals surface area contributed by atoms with Crippen molar-refractivity contribution >= 4 is 29.0 Å². The number of alkyl halides is 3. The van der Waals surface area contributed by atoms with Crippen molar-refractivity contribution in [1.82, 2.24) is 19.8 Å². The molecule has 2 aliphatic heterocycles. The van der Waals surface area contributed by atoms with Crippen LogP contribution >= 0.6 is 11.6 Å². The normalized spacial score (nSPS) is 17.4. The van der Waals surface area contributed by atoms with Crippen molar-refractivity contribution in [3.63, 3.8) is 0 Å². The molecule has 4 rings (SSSR count). The molecule has 1 aromatic heterocycles. The van der Waals surface area contributed by atoms with Crippen molar-refractivity contribution in [1.29, 1.82) is 0 Å². The van der Waals surface area contributed by atoms with E-state index in [9.17, 15) is 18.0 Å². The first-order chi connectivity index (χ1) is 19.9. The number of likely N-dealkylation sites (tertiary alicyclic amines) is 1. The van der Waals surface area contributed by atoms with E-state index in [1.807, 2.05) is 20.9 Å². The lowest BCUT2D eigenvalue weighted by Gasteiger charge is -2.32. The van der Waals surface area contributed by atoms with Crippen molar-refractivity contribution < 1.29 is 22.7 Å². The summed E-state index contributed by atoms with van der Waals surface area (Å²) in [7, 11) is 2.05. The van der Waals surface area contributed by atoms with Crippen molar-refractivity contribution in [3.05, 3.63) is 64.1 Å². The highest BCUT2D eigenvalue weighted by atomic mass is 35.5. The molecule has 2 N–H and O–H groups in total. The lowest BCUT2D eigenvalue weighted by molar-refractivity contribution is -0.137. The number of nitrogens with two attached hydrogens (primary N) is 1. The van der Waals surface area contributed by atoms with E-state index in [0.29, 0.717) is 50.2 Å². The van der Waals surface area contributed by atoms with Crippen LogP contribution < -0.4 is 15.4 Å². The van der Waals surface area contributed by atoms with Gasteiger partial charge in [0.1, 0.15) is 18.5 Å². The Balaban J connectivity index is 0.000000343. The Morgan fingerprint density at radius 1 is 1.38 bits per heavy atom. The van der Waals surface area contributed by atoms with Gasteiger partial charge in [-0.25, -0.2) is 6.57 Å². The third-order valence-electron chi connectivity index (χ3n) is 7.45. The van der Waals surface area contributed by atoms with Gasteiger partial charge in [0.05, 0.1) is 28.5 Å². The quantitative estimate of drug-likeness (QED) is 0.330. The highest BCUT2D eigenvalue weighted by Gasteiger charge is 2.38. The number of carbonyl (C=O) groups excluding carboxylic acids is 1. The maximum Gasteiger partial charge on any atom is 0.419 e. The number of hydrogen-bond donors (Lipinski definition) is 1. The molecule has 0 spiro atoms. The molecule has 2 aromatic rings. The summed E-state index contributed by atoms with van der Waals surface area (Å²) in [5.74, 6) is 0.213. The van der Waals surface area contributed by atoms with E-state index in [0.717, 1.165) is 24.9 Å². The molecule has 0 bridgehead atoms. The smallest absolute Gasteiger partial charge is 0.419 e. The summed E-state index contributed by atoms with van der Waals surface area (Å²) >= 11 is 5.88. The van der Waals surface area contributed by atoms with Crippen LogP contribution in [-0.2, 0) is 23.9 Å². The average Bonchev–Trinajstić information content (AvgIpc) is 3.36. The second-order valence-corrected chi connectivity index (χ2v) is 10.6. The van der Waals surface area contributed by atoms with Crippen LogP contribution in [0.25, 0.3) is 4.85 Å². The molecule has 0 radical (unpaired) electrons. The van der Waals surface area contributed by atoms with Gasteiger partial charge in [0, 0.05) is 24.7 Å². The molecule has 9 nitrogen and oxygen atoms in total. The van der Waals surface area contributed by atoms with E-state index in [2.05, 4.69) is 26.3 Å². The van der Waals surface area contributed by atoms with E-state index in [1.165, 1.54) is 24.3 Å². The molecule has 1 saturated heterocycles. The Labute approximate surface area is 249 Å². The minimum Gasteiger partial charge on any atom is -0.462 e. The molecule has 2 aliphatic rings. The van der Waals surface area contributed by atoms with Gasteiger partial charge >= 0.3 is 12.2 Å². The minimum absolute atomic E-state index is 0.0157. The molecule has 228 valence electrons. The number of amides is 1. The highest BCUT2D eigenvalue weighted by molar-refractivity contribution is 6.31. The van der Waals surface area contributed by atoms with E-state index in [1.54, 1.807) is 9.80 Å². The van der Waals surface area contributed by atoms with Gasteiger partial charge in [0.25, 0.3) is 0 Å². The number of ether oxygens (including phenoxy) is 1. The zero-order valence-electron chi connectivity index (χ0n) is 24.1. The summed E-state index contributed by atoms with van der Waals surface area (Å²) in [5.41, 5.74) is 6.64. The first-order valence-corrected chi connectivity index (χ1v) is 14.1. The van der Waals surface area contributed by atoms with Crippen LogP contribution in [0.5, 0.6) is 6.01 Å². The third kappa shape index (κ3) is 8.04. The van der Waals surface area contributed by atoms with Crippen LogP contribution in [0.15, 0.2) is 30.9 Å². The van der Waals surface area contributed by atoms with Gasteiger partial charge in [-0.15, -0.1) is 0 Å². The predicted molar refractivity (Wildman–Crippen MR) is 157 cm³/mol. The number of nitrogen functional groups attached to an aromatic ring is 1. The molecule has 1 unspecified atom stereocenters. The number of aromatic nitrogens is 2. The maximum absolute atomic E-state index is 13.6. The predicted octanol–water partition coefficient (Wildman–Crippen LogP) is 5.10. The Morgan fingerprint density at radius 2 is 2.12 bits per heavy atom. The van der Waals surface area contributed by atoms with E-state index in [-0.39, 0.29) is 35.2 Å². The molecule has 13 heteroatoms. The van der Waals surface area contributed by atoms with E-state index >= 15 is 0 Å². The van der Waals surface area contributed by atoms with Crippen molar-refractivity contribution in [3.8, 4) is 6.01 Å². The zero-order valence-corrected chi connectivity index (χ0v) is 24.9. The summed E-state index contributed by atoms with van der Waals surface area (Å²) in [6.07, 6.45) is -0.672. The van der Waals surface area contributed by atoms with Gasteiger partial charge in [-0.1, -0.05) is 24.2 Å². The van der Waals surface area contributed by atoms with Crippen LogP contribution in [0.4, 0.5) is 24.7 Å². The molecule has 3 heterocycles. The van der Waals surface area contributed by atoms with Gasteiger partial charge in [-0.2, -0.15) is 23.1 Å². The van der Waals surface area contributed by atoms with E-state index < -0.39 is 11.7 Å². The average molecular weight is 608 g/mol. The molecule has 1 aromatic carbocycles. The summed E-state index contributed by atoms with van der Waals surface area (Å²) in [6, 6.07) is 4.63. The maximum atomic E-state index is 13.6. The van der Waals surface area contributed by atoms with Gasteiger partial charge in [0.15, 0.2) is 0 Å². The van der Waals surface area contributed by atoms with Crippen LogP contribution in [0.1, 0.15) is 43.5 Å². The van der Waals surface area contributed by atoms with Gasteiger partial charge in [0.2, 0.25) is 12.5 Å². The number of nitrogens with zero attached hydrogens (tertiary/aromatic N) is 6. The molecule has 1 amide bonds. The third-order valence-corrected chi connectivity index (χ3v) is 7.77. The summed E-state index contributed by atoms with van der Waals surface area (Å²) in [5, 5.41) is -0.322. The molecule has 2 atom stereocenters. The van der Waals surface area contributed by atoms with Crippen LogP contribution in [0.3, 0.4) is 0 Å². The Bertz CT molecular complexity index is 1300. The number of likely N-dealkylation sites (N-methyl/N-ethyl adjacent to an activating group) is 2. The van der Waals surface area contributed by atoms with Gasteiger partial charge in [-0.3, -0.25) is 4.79 Å². The number of rotatable bonds is 8. The van der Waals surface area contributed by atoms with Crippen LogP contribution in [-0.4, -0.2) is 77.6 Å². The Morgan fingerprint density at radius 3 is 2.71 bits per heavy atom. The fourth-order valence-corrected chi connectivity index (χ4v) is 5.43. The van der Waals surface area contributed by atoms with Gasteiger partial charge in [-0.05, 0) is 64.9 Å². The molecule has 42 heavy (non-hydrogen) atoms. The molecular formula is C29H37ClF3N7O2. The lowest BCUT2D eigenvalue weighted by atomic mass is 10.0. The molecular weight excluding hydrogens is 571 g/mol. The monoisotopic (exact) mass is 607 g/mol. The molecule has 0 saturated carbocycles. The number of carbonyl (C=O) groups is 1. The first-order valence-electron chi connectivity index (χ1n) is 13.8. The molecule has 0 aliphatic carbocycles. The van der Waals surface area contributed by atoms with Crippen molar-refractivity contribution in [2.24, 2.45) is 0 Å². The van der Waals surface area contributed by atoms with E-state index in [4.69, 9.17) is 28.6 Å². The Kier molecular flexibility index (Phi) is 11.4. The van der Waals surface area contributed by atoms with Crippen LogP contribution in [0, 0.1) is 6.57 Å². The number of hydrogen-bond acceptors (Lipinski definition) is 7. The number of benzene rings is 1. The zero-order chi connectivity index (χ0) is 31.0. The first kappa shape index (κ1) is 32.9. The van der Waals surface area contributed by atoms with Crippen LogP contribution in [0.2, 0.25) is 5.02 Å². The summed E-state index contributed by atoms with van der Waals surface area (Å²) in [6.45, 7) is 16.8. The standard InChI is InChI=1S/C20H23ClF3N5O.C9H14N2O/c1-28-8-3-4-12(28)11-30-19-26-15-10-29(9-7-13(15)18(25)27-19)16-6-2-5-14(21)17(16)20(22,23)24;1-5-9(12)11(6-2)8(3)7-10-4/h2,5-6,12H,3-4,7-11H2,1H3,(H2,25,26,27);5,8H,1,6-7H2,2-3H3/t12-;/m0./s1. The highest BCUT2D eigenvalue weighted by Crippen LogP contribution is 2.42. The van der Waals surface area contributed by atoms with Gasteiger partial charge < -0.3 is 30.0 Å². The largest absolute Gasteiger partial charge is 0.462 e. The number of halogens is 4. The lowest BCUT2D eigenvalue weighted by Crippen LogP contribution is -2.38. The van der Waals surface area contributed by atoms with Crippen molar-refractivity contribution in [2.45, 2.75) is 57.9 Å². The number of anilines is 2. The summed E-state index contributed by atoms with van der Waals surface area (Å²) in [4.78, 5) is 28.6. The number of fused-ring (bicyclic) bond motifs is 1. The fourth-order valence-electron chi connectivity index (χ4n) is 5.16. The minimum atomic E-state index is -4.56. The SMILES string of the molecule is CN1CCC[C@H]1COc1nc(N)c2c(n1)CN(c1cccc(Cl)c1C(F)(F)F)CC2.[C-]#[N+]CC(C)N(CC)C(=O)C=C. The fraction of sp³-hybridized carbons (Fsp3) is 0.517. The van der Waals surface area contributed by atoms with Crippen molar-refractivity contribution in [2.75, 3.05) is 50.5 Å². The summed E-state index contributed by atoms with van der Waals surface area (Å²) < 4.78 is 46.5. The molecule has 1 fully saturated rings. The second-order valence-electron chi connectivity index (χ2n) is 10.2. The second kappa shape index (κ2) is 14.6. The Hall–Kier alpha value is -3.56. The topological polar surface area (TPSA) is 92.2 Å².